The van der Waals surface area contributed by atoms with Crippen LogP contribution in [0.15, 0.2) is 123 Å². The Labute approximate surface area is 611 Å². The molecule has 0 radical (unpaired) electrons. The topological polar surface area (TPSA) is 190 Å². The molecule has 0 spiro atoms. The van der Waals surface area contributed by atoms with Crippen LogP contribution < -0.4 is 16.3 Å². The van der Waals surface area contributed by atoms with Gasteiger partial charge in [0, 0.05) is 70.0 Å². The smallest absolute Gasteiger partial charge is 0.286 e. The van der Waals surface area contributed by atoms with Crippen LogP contribution in [0.5, 0.6) is 0 Å². The molecule has 6 aromatic heterocycles. The van der Waals surface area contributed by atoms with E-state index < -0.39 is 0 Å². The number of carbonyl (C=O) groups is 3. The van der Waals surface area contributed by atoms with Gasteiger partial charge in [-0.1, -0.05) is 88.9 Å². The normalized spacial score (nSPS) is 21.2. The molecule has 0 bridgehead atoms. The average molecular weight is 1470 g/mol. The summed E-state index contributed by atoms with van der Waals surface area (Å²) < 4.78 is 22.1. The highest BCUT2D eigenvalue weighted by atomic mass is 35.5. The number of aromatic nitrogens is 6. The van der Waals surface area contributed by atoms with E-state index in [2.05, 4.69) is 40.1 Å². The Morgan fingerprint density at radius 3 is 1.15 bits per heavy atom. The summed E-state index contributed by atoms with van der Waals surface area (Å²) in [5.41, 5.74) is 21.5. The summed E-state index contributed by atoms with van der Waals surface area (Å²) in [4.78, 5) is 40.3. The van der Waals surface area contributed by atoms with Crippen molar-refractivity contribution in [3.05, 3.63) is 208 Å². The number of carbonyl (C=O) groups excluding carboxylic acids is 3. The van der Waals surface area contributed by atoms with Gasteiger partial charge in [0.1, 0.15) is 17.3 Å². The number of rotatable bonds is 12. The Bertz CT molecular complexity index is 4540. The summed E-state index contributed by atoms with van der Waals surface area (Å²) in [7, 11) is 0. The van der Waals surface area contributed by atoms with E-state index in [1.165, 1.54) is 32.1 Å². The van der Waals surface area contributed by atoms with Crippen molar-refractivity contribution in [2.45, 2.75) is 142 Å². The Balaban J connectivity index is 0.000000128. The minimum atomic E-state index is -0.181. The van der Waals surface area contributed by atoms with Crippen LogP contribution in [0, 0.1) is 11.8 Å². The van der Waals surface area contributed by atoms with E-state index in [1.54, 1.807) is 69.2 Å². The van der Waals surface area contributed by atoms with Crippen LogP contribution >= 0.6 is 69.6 Å². The molecule has 3 aliphatic heterocycles. The van der Waals surface area contributed by atoms with Crippen LogP contribution in [0.3, 0.4) is 0 Å². The molecule has 4 unspecified atom stereocenters. The van der Waals surface area contributed by atoms with E-state index >= 15 is 0 Å². The fourth-order valence-corrected chi connectivity index (χ4v) is 16.9. The lowest BCUT2D eigenvalue weighted by molar-refractivity contribution is 0.0365. The third-order valence-electron chi connectivity index (χ3n) is 20.1. The molecule has 18 nitrogen and oxygen atoms in total. The number of benzene rings is 3. The third kappa shape index (κ3) is 15.1. The van der Waals surface area contributed by atoms with Gasteiger partial charge in [0.2, 0.25) is 0 Å². The first kappa shape index (κ1) is 69.5. The number of hydrogen-bond acceptors (Lipinski definition) is 12. The molecule has 16 rings (SSSR count). The molecule has 1 saturated carbocycles. The number of nitrogens with zero attached hydrogens (tertiary/aromatic N) is 9. The van der Waals surface area contributed by atoms with Gasteiger partial charge in [0.25, 0.3) is 17.7 Å². The lowest BCUT2D eigenvalue weighted by Crippen LogP contribution is -2.54. The van der Waals surface area contributed by atoms with Crippen LogP contribution in [0.25, 0.3) is 52.0 Å². The lowest BCUT2D eigenvalue weighted by atomic mass is 9.90. The molecule has 3 aromatic carbocycles. The molecular weight excluding hydrogens is 1390 g/mol. The van der Waals surface area contributed by atoms with Gasteiger partial charge in [0.15, 0.2) is 17.1 Å². The molecule has 9 aromatic rings. The Hall–Kier alpha value is -7.62. The SMILES string of the molecule is CC1CCCC(C)N1NC(=O)c1nn(-c2ccc(Cl)cc2Cl)c2c1CCC/C2=C\c1ccco1.O=C(NN1CC2CCCC2C1)c1nn(-c2ccc(Cl)cc2Cl)c2c1CCC/C2=C\c1ccco1.O=C(NN1CCCCC1)c1nn(-c2ccc(Cl)cc2Cl)c2c1CCC/C2=C\c1ccco1. The molecule has 3 N–H and O–H groups in total. The quantitative estimate of drug-likeness (QED) is 0.105. The number of furan rings is 3. The van der Waals surface area contributed by atoms with Gasteiger partial charge in [-0.15, -0.1) is 0 Å². The summed E-state index contributed by atoms with van der Waals surface area (Å²) in [6.45, 7) is 7.88. The molecular formula is C76H78Cl6N12O6. The van der Waals surface area contributed by atoms with Gasteiger partial charge in [-0.3, -0.25) is 30.7 Å². The van der Waals surface area contributed by atoms with E-state index in [-0.39, 0.29) is 29.8 Å². The highest BCUT2D eigenvalue weighted by Gasteiger charge is 2.39. The molecule has 3 saturated heterocycles. The predicted molar refractivity (Wildman–Crippen MR) is 394 cm³/mol. The molecule has 4 fully saturated rings. The van der Waals surface area contributed by atoms with Crippen LogP contribution in [0.4, 0.5) is 0 Å². The van der Waals surface area contributed by atoms with Gasteiger partial charge in [-0.2, -0.15) is 15.3 Å². The summed E-state index contributed by atoms with van der Waals surface area (Å²) >= 11 is 38.2. The molecule has 9 heterocycles. The van der Waals surface area contributed by atoms with E-state index in [0.29, 0.717) is 76.1 Å². The molecule has 100 heavy (non-hydrogen) atoms. The average Bonchev–Trinajstić information content (AvgIpc) is 1.62. The van der Waals surface area contributed by atoms with Gasteiger partial charge >= 0.3 is 0 Å². The predicted octanol–water partition coefficient (Wildman–Crippen LogP) is 18.4. The van der Waals surface area contributed by atoms with E-state index in [4.69, 9.17) is 98.2 Å². The summed E-state index contributed by atoms with van der Waals surface area (Å²) in [5, 5.41) is 23.7. The second-order valence-electron chi connectivity index (χ2n) is 26.9. The summed E-state index contributed by atoms with van der Waals surface area (Å²) in [6, 6.07) is 27.9. The fraction of sp³-hybridized carbons (Fsp3) is 0.368. The number of piperidine rings is 2. The molecule has 24 heteroatoms. The summed E-state index contributed by atoms with van der Waals surface area (Å²) in [5.74, 6) is 3.18. The number of hydrazine groups is 3. The van der Waals surface area contributed by atoms with Crippen LogP contribution in [-0.4, -0.2) is 100 Å². The van der Waals surface area contributed by atoms with E-state index in [1.807, 2.05) is 77.8 Å². The number of allylic oxidation sites excluding steroid dienone is 3. The number of amides is 3. The van der Waals surface area contributed by atoms with Crippen molar-refractivity contribution in [1.29, 1.82) is 0 Å². The van der Waals surface area contributed by atoms with Crippen molar-refractivity contribution < 1.29 is 27.6 Å². The second-order valence-corrected chi connectivity index (χ2v) is 29.5. The zero-order valence-electron chi connectivity index (χ0n) is 55.7. The largest absolute Gasteiger partial charge is 0.465 e. The van der Waals surface area contributed by atoms with Gasteiger partial charge in [-0.05, 0) is 248 Å². The third-order valence-corrected chi connectivity index (χ3v) is 21.8. The zero-order chi connectivity index (χ0) is 69.1. The standard InChI is InChI=1S/C26H26Cl2N4O2.C26H28Cl2N4O2.C24H24Cl2N4O2/c27-19-9-10-23(22(28)13-19)32-25-16(12-20-7-3-11-34-20)4-2-8-21(25)24(29-32)26(33)30-31-14-17-5-1-6-18(17)15-31;1-16-6-3-7-17(2)31(16)30-26(33)24-21-10-4-8-18(14-20-9-5-13-34-20)25(21)32(29-24)23-12-11-19(27)15-22(23)28;25-17-9-10-21(20(26)15-17)30-23-16(14-18-7-5-13-32-18)6-4-8-19(23)22(27-30)24(31)28-29-11-2-1-3-12-29/h3,7,9-13,17-18H,1-2,4-6,8,14-15H2,(H,30,33);5,9,11-17H,3-4,6-8,10H2,1-2H3,(H,30,33);5,7,9-10,13-15H,1-4,6,8,11-12H2,(H,28,31)/b16-12+;18-14+;16-14+. The maximum Gasteiger partial charge on any atom is 0.286 e. The minimum Gasteiger partial charge on any atom is -0.465 e. The number of nitrogens with one attached hydrogen (secondary N) is 3. The van der Waals surface area contributed by atoms with Crippen LogP contribution in [0.2, 0.25) is 30.1 Å². The number of halogens is 6. The Morgan fingerprint density at radius 1 is 0.430 bits per heavy atom. The van der Waals surface area contributed by atoms with Crippen molar-refractivity contribution in [3.63, 3.8) is 0 Å². The van der Waals surface area contributed by atoms with Gasteiger partial charge in [0.05, 0.1) is 68.0 Å². The Kier molecular flexibility index (Phi) is 21.5. The van der Waals surface area contributed by atoms with Crippen molar-refractivity contribution in [3.8, 4) is 17.1 Å². The molecule has 4 aliphatic carbocycles. The number of fused-ring (bicyclic) bond motifs is 4. The van der Waals surface area contributed by atoms with Crippen molar-refractivity contribution in [2.75, 3.05) is 26.2 Å². The van der Waals surface area contributed by atoms with Gasteiger partial charge < -0.3 is 13.3 Å². The maximum atomic E-state index is 13.6. The zero-order valence-corrected chi connectivity index (χ0v) is 60.3. The van der Waals surface area contributed by atoms with E-state index in [0.717, 1.165) is 177 Å². The monoisotopic (exact) mass is 1460 g/mol. The van der Waals surface area contributed by atoms with Crippen molar-refractivity contribution in [2.24, 2.45) is 11.8 Å². The minimum absolute atomic E-state index is 0.153. The number of hydrogen-bond donors (Lipinski definition) is 3. The fourth-order valence-electron chi connectivity index (χ4n) is 15.4. The van der Waals surface area contributed by atoms with Crippen LogP contribution in [0.1, 0.15) is 193 Å². The van der Waals surface area contributed by atoms with Crippen molar-refractivity contribution in [1.82, 2.24) is 60.6 Å². The highest BCUT2D eigenvalue weighted by molar-refractivity contribution is 6.37. The van der Waals surface area contributed by atoms with E-state index in [9.17, 15) is 14.4 Å². The van der Waals surface area contributed by atoms with Crippen molar-refractivity contribution >= 4 is 122 Å². The maximum absolute atomic E-state index is 13.6. The molecule has 3 amide bonds. The first-order valence-corrected chi connectivity index (χ1v) is 37.0. The first-order valence-electron chi connectivity index (χ1n) is 34.8. The second kappa shape index (κ2) is 30.9. The van der Waals surface area contributed by atoms with Gasteiger partial charge in [-0.25, -0.2) is 29.1 Å². The molecule has 4 atom stereocenters. The highest BCUT2D eigenvalue weighted by Crippen LogP contribution is 2.43. The first-order chi connectivity index (χ1) is 48.6. The lowest BCUT2D eigenvalue weighted by Gasteiger charge is -2.38. The van der Waals surface area contributed by atoms with Crippen LogP contribution in [-0.2, 0) is 19.3 Å². The molecule has 7 aliphatic rings. The Morgan fingerprint density at radius 2 is 0.790 bits per heavy atom. The molecule has 520 valence electrons. The summed E-state index contributed by atoms with van der Waals surface area (Å²) in [6.07, 6.45) is 29.2.